The van der Waals surface area contributed by atoms with Crippen LogP contribution in [0.2, 0.25) is 0 Å². The van der Waals surface area contributed by atoms with E-state index in [4.69, 9.17) is 66.4 Å². The van der Waals surface area contributed by atoms with Crippen LogP contribution in [0.15, 0.2) is 64.5 Å². The summed E-state index contributed by atoms with van der Waals surface area (Å²) < 4.78 is 78.9. The van der Waals surface area contributed by atoms with E-state index in [0.717, 1.165) is 24.4 Å². The number of aliphatic hydroxyl groups excluding tert-OH is 4. The molecule has 0 aromatic heterocycles. The molecule has 19 atom stereocenters. The smallest absolute Gasteiger partial charge is 0.411 e. The van der Waals surface area contributed by atoms with Gasteiger partial charge in [0.2, 0.25) is 29.0 Å². The molecule has 8 rings (SSSR count). The first-order valence-corrected chi connectivity index (χ1v) is 40.5. The van der Waals surface area contributed by atoms with Gasteiger partial charge in [0.15, 0.2) is 41.3 Å². The fourth-order valence-electron chi connectivity index (χ4n) is 13.9. The quantitative estimate of drug-likeness (QED) is 0.00604. The van der Waals surface area contributed by atoms with Crippen LogP contribution in [0.1, 0.15) is 141 Å². The summed E-state index contributed by atoms with van der Waals surface area (Å²) >= 11 is 2.81. The highest BCUT2D eigenvalue weighted by Gasteiger charge is 2.53. The molecule has 35 heteroatoms. The first-order valence-electron chi connectivity index (χ1n) is 36.3. The molecule has 31 nitrogen and oxygen atoms in total. The largest absolute Gasteiger partial charge is 0.494 e. The molecule has 2 aromatic carbocycles. The number of benzene rings is 2. The molecule has 2 aromatic rings. The minimum atomic E-state index is -1.80. The third-order valence-electron chi connectivity index (χ3n) is 19.8. The Balaban J connectivity index is 1.02. The standard InChI is InChI=1S/C74H105IN6O25S3/c1-16-81(42(7)82)46-36-99-53(33-50(46)93-11)104-66-61(88)58(80-106-54-32-47(83)68(41(6)100-54)108-69(90)55-37(2)57(75)64(67(96-14)63(55)94-12)105-70-62(89)65(95-13)60(87)40(5)102-70)39(4)101-71(66)103-49-22-19-17-18-20-29-74(92)34-48(84)59(77-72(91)97-15)56(49)45(74)28-31-107-109-73(8,9)35-52(86)79-78-38(3)43-24-26-44(27-25-43)98-30-21-23-51(85)76-10/h17-18,24-28,39-41,46-47,49-50,53-54,58,60-62,65-66,68,70-71,80,83,87-89,92H,16,19-23,29-36H2,1-15H3,(H-,76,77,85,91)/p+1/b18-17-,45-28+/t39?,40?,41?,46?,47?,49-,50?,53?,54?,58?,60?,61?,62?,65?,66?,68?,70?,71?,74?/m0/s1. The number of aliphatic hydroxyl groups is 5. The second-order valence-corrected chi connectivity index (χ2v) is 33.1. The number of carbonyl (C=O) groups excluding carboxylic acids is 6. The maximum Gasteiger partial charge on any atom is 0.411 e. The van der Waals surface area contributed by atoms with Crippen molar-refractivity contribution in [3.63, 3.8) is 0 Å². The lowest BCUT2D eigenvalue weighted by atomic mass is 9.72. The molecule has 4 saturated heterocycles. The number of amides is 4. The number of hydroxylamine groups is 1. The zero-order valence-electron chi connectivity index (χ0n) is 64.2. The minimum Gasteiger partial charge on any atom is -0.494 e. The number of fused-ring (bicyclic) bond motifs is 2. The van der Waals surface area contributed by atoms with Crippen molar-refractivity contribution in [2.45, 2.75) is 247 Å². The number of nitrogens with zero attached hydrogens (tertiary/aromatic N) is 3. The molecule has 6 aliphatic rings. The first-order chi connectivity index (χ1) is 51.9. The predicted molar refractivity (Wildman–Crippen MR) is 410 cm³/mol. The Morgan fingerprint density at radius 1 is 0.862 bits per heavy atom. The molecule has 0 saturated carbocycles. The van der Waals surface area contributed by atoms with E-state index in [1.54, 1.807) is 76.9 Å². The van der Waals surface area contributed by atoms with Crippen LogP contribution in [-0.4, -0.2) is 264 Å². The Labute approximate surface area is 661 Å². The summed E-state index contributed by atoms with van der Waals surface area (Å²) in [5, 5.41) is 67.3. The van der Waals surface area contributed by atoms with Crippen LogP contribution >= 0.6 is 55.9 Å². The summed E-state index contributed by atoms with van der Waals surface area (Å²) in [6, 6.07) is 5.52. The highest BCUT2D eigenvalue weighted by Crippen LogP contribution is 2.50. The molecule has 8 N–H and O–H groups in total. The predicted octanol–water partition coefficient (Wildman–Crippen LogP) is 6.50. The number of hydrogen-bond donors (Lipinski definition) is 8. The third-order valence-corrected chi connectivity index (χ3v) is 25.6. The van der Waals surface area contributed by atoms with Gasteiger partial charge in [0.05, 0.1) is 126 Å². The molecule has 4 fully saturated rings. The van der Waals surface area contributed by atoms with E-state index in [0.29, 0.717) is 59.4 Å². The van der Waals surface area contributed by atoms with Gasteiger partial charge in [0, 0.05) is 83.4 Å². The highest BCUT2D eigenvalue weighted by molar-refractivity contribution is 14.1. The molecule has 109 heavy (non-hydrogen) atoms. The Morgan fingerprint density at radius 2 is 1.57 bits per heavy atom. The van der Waals surface area contributed by atoms with Crippen LogP contribution in [0.5, 0.6) is 23.0 Å². The summed E-state index contributed by atoms with van der Waals surface area (Å²) in [5.41, 5.74) is 3.13. The number of hydrogen-bond acceptors (Lipinski definition) is 29. The van der Waals surface area contributed by atoms with Gasteiger partial charge in [0.1, 0.15) is 36.3 Å². The number of carbonyl (C=O) groups is 6. The molecule has 2 bridgehead atoms. The third kappa shape index (κ3) is 22.6. The monoisotopic (exact) mass is 1700 g/mol. The lowest BCUT2D eigenvalue weighted by molar-refractivity contribution is -0.340. The molecule has 0 radical (unpaired) electrons. The number of ketones is 1. The van der Waals surface area contributed by atoms with Crippen molar-refractivity contribution >= 4 is 96.4 Å². The van der Waals surface area contributed by atoms with Crippen molar-refractivity contribution in [2.75, 3.05) is 68.1 Å². The molecule has 18 unspecified atom stereocenters. The molecule has 0 spiro atoms. The number of rotatable bonds is 30. The maximum atomic E-state index is 14.6. The summed E-state index contributed by atoms with van der Waals surface area (Å²) in [7, 11) is 11.1. The van der Waals surface area contributed by atoms with Crippen LogP contribution < -0.4 is 35.1 Å². The van der Waals surface area contributed by atoms with Gasteiger partial charge in [-0.05, 0) is 139 Å². The van der Waals surface area contributed by atoms with E-state index in [-0.39, 0.29) is 95.9 Å². The molecule has 4 aliphatic heterocycles. The Kier molecular flexibility index (Phi) is 33.6. The minimum absolute atomic E-state index is 0.00513. The number of Topliss-reactive ketones (excluding diaryl/α,β-unsaturated/α-hetero) is 1. The Hall–Kier alpha value is -5.36. The summed E-state index contributed by atoms with van der Waals surface area (Å²) in [5.74, 6) is -0.368. The summed E-state index contributed by atoms with van der Waals surface area (Å²) in [4.78, 5) is 92.5. The maximum absolute atomic E-state index is 14.6. The zero-order valence-corrected chi connectivity index (χ0v) is 68.8. The number of ether oxygens (including phenoxy) is 13. The first kappa shape index (κ1) is 89.2. The second-order valence-electron chi connectivity index (χ2n) is 27.9. The Bertz CT molecular complexity index is 3650. The van der Waals surface area contributed by atoms with Gasteiger partial charge in [-0.25, -0.2) is 4.79 Å². The van der Waals surface area contributed by atoms with Gasteiger partial charge < -0.3 is 97.3 Å². The van der Waals surface area contributed by atoms with Crippen molar-refractivity contribution in [1.82, 2.24) is 21.0 Å². The average Bonchev–Trinajstić information content (AvgIpc) is 0.754. The number of alkyl carbamates (subject to hydrolysis) is 1. The van der Waals surface area contributed by atoms with Gasteiger partial charge >= 0.3 is 17.7 Å². The number of likely N-dealkylation sites (N-methyl/N-ethyl adjacent to an activating group) is 1. The number of methoxy groups -OCH3 is 5. The molecular formula is C74H106IN6O25S3+. The van der Waals surface area contributed by atoms with Gasteiger partial charge in [-0.15, -0.1) is 0 Å². The normalized spacial score (nSPS) is 30.8. The van der Waals surface area contributed by atoms with Crippen molar-refractivity contribution in [3.05, 3.63) is 79.6 Å². The van der Waals surface area contributed by atoms with E-state index in [1.807, 2.05) is 55.5 Å². The van der Waals surface area contributed by atoms with Crippen molar-refractivity contribution in [2.24, 2.45) is 5.11 Å². The SMILES string of the molecule is CCN(C(C)=O)C1COC(OC2C(O[C@H]3CC/C=C\CCC4(O)CC(=O)C(NC(=O)OC)=C3/C4=C\CSSC(C)(C)CC(=O)N=[N+]=C(C)c3ccc(OCCCC(=O)NC)cc3)OC(C)C(NOC3CC(O)C(SC(=O)c4c(C)c(I)c(OC5OC(C)C(O)C(OC)C5O)c(OC)c4OC)C(C)O3)C2O)CC1OC. The fourth-order valence-corrected chi connectivity index (χ4v) is 18.0. The van der Waals surface area contributed by atoms with E-state index in [1.165, 1.54) is 57.0 Å². The van der Waals surface area contributed by atoms with Gasteiger partial charge in [-0.2, -0.15) is 5.48 Å². The zero-order chi connectivity index (χ0) is 79.8. The van der Waals surface area contributed by atoms with Crippen LogP contribution in [0, 0.1) is 10.5 Å². The molecule has 2 aliphatic carbocycles. The van der Waals surface area contributed by atoms with Crippen molar-refractivity contribution in [3.8, 4) is 23.0 Å². The van der Waals surface area contributed by atoms with Crippen molar-refractivity contribution < 1.29 is 126 Å². The lowest BCUT2D eigenvalue weighted by Gasteiger charge is -2.48. The van der Waals surface area contributed by atoms with E-state index in [2.05, 4.69) is 26.0 Å². The molecule has 606 valence electrons. The van der Waals surface area contributed by atoms with Gasteiger partial charge in [-0.1, -0.05) is 51.6 Å². The van der Waals surface area contributed by atoms with Gasteiger partial charge in [0.25, 0.3) is 0 Å². The van der Waals surface area contributed by atoms with E-state index < -0.39 is 149 Å². The van der Waals surface area contributed by atoms with E-state index >= 15 is 0 Å². The summed E-state index contributed by atoms with van der Waals surface area (Å²) in [6.45, 7) is 16.1. The number of thioether (sulfide) groups is 1. The molecule has 4 heterocycles. The fraction of sp³-hybridized carbons (Fsp3) is 0.662. The average molecular weight is 1700 g/mol. The summed E-state index contributed by atoms with van der Waals surface area (Å²) in [6.07, 6.45) is -11.4. The lowest BCUT2D eigenvalue weighted by Crippen LogP contribution is -2.65. The highest BCUT2D eigenvalue weighted by atomic mass is 127. The Morgan fingerprint density at radius 3 is 2.22 bits per heavy atom. The van der Waals surface area contributed by atoms with Crippen molar-refractivity contribution in [1.29, 1.82) is 0 Å². The van der Waals surface area contributed by atoms with Gasteiger partial charge in [-0.3, -0.25) is 34.1 Å². The number of halogens is 1. The van der Waals surface area contributed by atoms with Crippen LogP contribution in [0.4, 0.5) is 4.79 Å². The molecular weight excluding hydrogens is 1600 g/mol. The van der Waals surface area contributed by atoms with Crippen LogP contribution in [0.3, 0.4) is 0 Å². The topological polar surface area (TPSA) is 399 Å². The number of nitrogens with one attached hydrogen (secondary N) is 3. The van der Waals surface area contributed by atoms with Crippen LogP contribution in [0.25, 0.3) is 0 Å². The second kappa shape index (κ2) is 41.1. The molecule has 4 amide bonds. The van der Waals surface area contributed by atoms with Crippen LogP contribution in [-0.2, 0) is 66.6 Å². The number of allylic oxidation sites excluding steroid dienone is 3. The van der Waals surface area contributed by atoms with E-state index in [9.17, 15) is 54.3 Å².